The highest BCUT2D eigenvalue weighted by Gasteiger charge is 2.32. The average molecular weight is 169 g/mol. The van der Waals surface area contributed by atoms with E-state index in [4.69, 9.17) is 23.1 Å². The lowest BCUT2D eigenvalue weighted by Crippen LogP contribution is -2.33. The summed E-state index contributed by atoms with van der Waals surface area (Å²) in [6.45, 7) is 4.47. The molecule has 2 N–H and O–H groups in total. The van der Waals surface area contributed by atoms with Gasteiger partial charge in [-0.3, -0.25) is 0 Å². The van der Waals surface area contributed by atoms with Crippen molar-refractivity contribution in [2.24, 2.45) is 5.73 Å². The van der Waals surface area contributed by atoms with E-state index in [-0.39, 0.29) is 24.3 Å². The van der Waals surface area contributed by atoms with Crippen LogP contribution < -0.4 is 5.73 Å². The van der Waals surface area contributed by atoms with Crippen LogP contribution in [0.25, 0.3) is 0 Å². The van der Waals surface area contributed by atoms with Crippen LogP contribution in [0.4, 0.5) is 0 Å². The molecule has 0 bridgehead atoms. The largest absolute Gasteiger partial charge is 0.381 e. The zero-order chi connectivity index (χ0) is 9.14. The van der Waals surface area contributed by atoms with Gasteiger partial charge in [0, 0.05) is 12.5 Å². The van der Waals surface area contributed by atoms with Crippen LogP contribution >= 0.6 is 0 Å². The molecular formula is C8H16BNO2. The van der Waals surface area contributed by atoms with Gasteiger partial charge in [0.15, 0.2) is 0 Å². The van der Waals surface area contributed by atoms with Crippen LogP contribution in [-0.2, 0) is 9.47 Å². The number of hydrogen-bond acceptors (Lipinski definition) is 3. The minimum absolute atomic E-state index is 0.0256. The summed E-state index contributed by atoms with van der Waals surface area (Å²) in [5.74, 6) is 0. The highest BCUT2D eigenvalue weighted by atomic mass is 16.6. The first kappa shape index (κ1) is 10.0. The molecule has 0 aromatic heterocycles. The second-order valence-corrected chi connectivity index (χ2v) is 3.41. The SMILES string of the molecule is [B][C@H]1CC(OC(C)C)[C@@H](CN)O1. The molecule has 0 spiro atoms. The Morgan fingerprint density at radius 2 is 2.33 bits per heavy atom. The van der Waals surface area contributed by atoms with E-state index in [0.29, 0.717) is 6.54 Å². The average Bonchev–Trinajstić information content (AvgIpc) is 2.29. The third-order valence-corrected chi connectivity index (χ3v) is 1.91. The van der Waals surface area contributed by atoms with Gasteiger partial charge in [-0.05, 0) is 20.3 Å². The second kappa shape index (κ2) is 4.26. The Bertz CT molecular complexity index is 143. The van der Waals surface area contributed by atoms with Gasteiger partial charge in [0.1, 0.15) is 7.85 Å². The molecule has 0 saturated carbocycles. The van der Waals surface area contributed by atoms with Crippen molar-refractivity contribution in [1.82, 2.24) is 0 Å². The normalized spacial score (nSPS) is 36.2. The van der Waals surface area contributed by atoms with Crippen molar-refractivity contribution in [3.05, 3.63) is 0 Å². The van der Waals surface area contributed by atoms with Gasteiger partial charge in [-0.15, -0.1) is 0 Å². The number of nitrogens with two attached hydrogens (primary N) is 1. The van der Waals surface area contributed by atoms with E-state index in [0.717, 1.165) is 6.42 Å². The first-order chi connectivity index (χ1) is 5.63. The van der Waals surface area contributed by atoms with E-state index in [1.54, 1.807) is 0 Å². The summed E-state index contributed by atoms with van der Waals surface area (Å²) in [6, 6.07) is -0.206. The molecular weight excluding hydrogens is 153 g/mol. The molecule has 12 heavy (non-hydrogen) atoms. The Labute approximate surface area is 75.0 Å². The maximum absolute atomic E-state index is 5.61. The van der Waals surface area contributed by atoms with Crippen LogP contribution in [0.1, 0.15) is 20.3 Å². The van der Waals surface area contributed by atoms with E-state index in [9.17, 15) is 0 Å². The van der Waals surface area contributed by atoms with Crippen LogP contribution in [0, 0.1) is 0 Å². The fourth-order valence-corrected chi connectivity index (χ4v) is 1.45. The number of rotatable bonds is 3. The van der Waals surface area contributed by atoms with Crippen LogP contribution in [0.3, 0.4) is 0 Å². The van der Waals surface area contributed by atoms with Crippen LogP contribution in [0.2, 0.25) is 0 Å². The lowest BCUT2D eigenvalue weighted by atomic mass is 9.96. The van der Waals surface area contributed by atoms with Crippen molar-refractivity contribution < 1.29 is 9.47 Å². The first-order valence-corrected chi connectivity index (χ1v) is 4.40. The molecule has 0 aliphatic carbocycles. The Morgan fingerprint density at radius 1 is 1.67 bits per heavy atom. The molecule has 0 amide bonds. The van der Waals surface area contributed by atoms with Crippen LogP contribution in [0.5, 0.6) is 0 Å². The predicted octanol–water partition coefficient (Wildman–Crippen LogP) is 0.0222. The molecule has 3 atom stereocenters. The number of ether oxygens (including phenoxy) is 2. The van der Waals surface area contributed by atoms with Gasteiger partial charge in [-0.25, -0.2) is 0 Å². The van der Waals surface area contributed by atoms with Crippen molar-refractivity contribution in [3.8, 4) is 0 Å². The fourth-order valence-electron chi connectivity index (χ4n) is 1.45. The molecule has 1 heterocycles. The third kappa shape index (κ3) is 2.47. The van der Waals surface area contributed by atoms with Gasteiger partial charge in [0.05, 0.1) is 18.3 Å². The zero-order valence-corrected chi connectivity index (χ0v) is 7.69. The minimum Gasteiger partial charge on any atom is -0.381 e. The second-order valence-electron chi connectivity index (χ2n) is 3.41. The van der Waals surface area contributed by atoms with E-state index in [1.807, 2.05) is 13.8 Å². The Balaban J connectivity index is 2.40. The molecule has 4 heteroatoms. The van der Waals surface area contributed by atoms with Crippen molar-refractivity contribution in [2.45, 2.75) is 44.6 Å². The highest BCUT2D eigenvalue weighted by molar-refractivity contribution is 6.11. The first-order valence-electron chi connectivity index (χ1n) is 4.40. The van der Waals surface area contributed by atoms with Gasteiger partial charge >= 0.3 is 0 Å². The van der Waals surface area contributed by atoms with Crippen molar-refractivity contribution in [2.75, 3.05) is 6.54 Å². The molecule has 0 aromatic carbocycles. The summed E-state index contributed by atoms with van der Waals surface area (Å²) in [5, 5.41) is 0. The van der Waals surface area contributed by atoms with Gasteiger partial charge in [-0.2, -0.15) is 0 Å². The predicted molar refractivity (Wildman–Crippen MR) is 48.1 cm³/mol. The van der Waals surface area contributed by atoms with Gasteiger partial charge in [0.2, 0.25) is 0 Å². The number of hydrogen-bond donors (Lipinski definition) is 1. The van der Waals surface area contributed by atoms with Crippen LogP contribution in [0.15, 0.2) is 0 Å². The molecule has 1 unspecified atom stereocenters. The topological polar surface area (TPSA) is 44.5 Å². The van der Waals surface area contributed by atoms with E-state index in [1.165, 1.54) is 0 Å². The van der Waals surface area contributed by atoms with E-state index in [2.05, 4.69) is 0 Å². The Morgan fingerprint density at radius 3 is 2.83 bits per heavy atom. The molecule has 1 aliphatic rings. The van der Waals surface area contributed by atoms with Gasteiger partial charge in [0.25, 0.3) is 0 Å². The summed E-state index contributed by atoms with van der Waals surface area (Å²) < 4.78 is 11.0. The zero-order valence-electron chi connectivity index (χ0n) is 7.69. The van der Waals surface area contributed by atoms with Crippen molar-refractivity contribution in [3.63, 3.8) is 0 Å². The van der Waals surface area contributed by atoms with Gasteiger partial charge in [-0.1, -0.05) is 0 Å². The summed E-state index contributed by atoms with van der Waals surface area (Å²) in [7, 11) is 5.61. The standard InChI is InChI=1S/C8H16BNO2/c1-5(2)11-6-3-8(9)12-7(6)4-10/h5-8H,3-4,10H2,1-2H3/t6?,7-,8-/m1/s1. The summed E-state index contributed by atoms with van der Waals surface area (Å²) in [6.07, 6.45) is 1.00. The lowest BCUT2D eigenvalue weighted by molar-refractivity contribution is -0.0358. The summed E-state index contributed by atoms with van der Waals surface area (Å²) >= 11 is 0. The Kier molecular flexibility index (Phi) is 3.56. The molecule has 1 fully saturated rings. The maximum Gasteiger partial charge on any atom is 0.109 e. The summed E-state index contributed by atoms with van der Waals surface area (Å²) in [5.41, 5.74) is 5.50. The molecule has 1 aliphatic heterocycles. The molecule has 3 nitrogen and oxygen atoms in total. The van der Waals surface area contributed by atoms with E-state index >= 15 is 0 Å². The molecule has 0 aromatic rings. The van der Waals surface area contributed by atoms with Crippen molar-refractivity contribution in [1.29, 1.82) is 0 Å². The van der Waals surface area contributed by atoms with Gasteiger partial charge < -0.3 is 15.2 Å². The third-order valence-electron chi connectivity index (χ3n) is 1.91. The molecule has 68 valence electrons. The smallest absolute Gasteiger partial charge is 0.109 e. The maximum atomic E-state index is 5.61. The minimum atomic E-state index is -0.206. The lowest BCUT2D eigenvalue weighted by Gasteiger charge is -2.19. The molecule has 1 rings (SSSR count). The van der Waals surface area contributed by atoms with Crippen LogP contribution in [-0.4, -0.2) is 38.7 Å². The summed E-state index contributed by atoms with van der Waals surface area (Å²) in [4.78, 5) is 0. The molecule has 1 saturated heterocycles. The highest BCUT2D eigenvalue weighted by Crippen LogP contribution is 2.21. The quantitative estimate of drug-likeness (QED) is 0.605. The Hall–Kier alpha value is -0.0551. The molecule has 2 radical (unpaired) electrons. The monoisotopic (exact) mass is 169 g/mol. The van der Waals surface area contributed by atoms with E-state index < -0.39 is 0 Å². The van der Waals surface area contributed by atoms with Crippen molar-refractivity contribution >= 4 is 7.85 Å². The fraction of sp³-hybridized carbons (Fsp3) is 1.00.